The van der Waals surface area contributed by atoms with Crippen molar-refractivity contribution < 1.29 is 0 Å². The summed E-state index contributed by atoms with van der Waals surface area (Å²) in [5.74, 6) is 1.17. The fourth-order valence-corrected chi connectivity index (χ4v) is 81.8. The van der Waals surface area contributed by atoms with E-state index in [-0.39, 0.29) is 0 Å². The molecular weight excluding hydrogens is 823 g/mol. The molecule has 0 radical (unpaired) electrons. The second-order valence-electron chi connectivity index (χ2n) is 22.5. The predicted octanol–water partition coefficient (Wildman–Crippen LogP) is 11.3. The quantitative estimate of drug-likeness (QED) is 0.176. The van der Waals surface area contributed by atoms with Crippen LogP contribution in [0.5, 0.6) is 0 Å². The Labute approximate surface area is 317 Å². The van der Waals surface area contributed by atoms with Crippen LogP contribution in [-0.4, -0.2) is 78.7 Å². The molecule has 2 aromatic carbocycles. The molecule has 0 amide bonds. The maximum absolute atomic E-state index is 3.00. The van der Waals surface area contributed by atoms with Gasteiger partial charge in [0.2, 0.25) is 0 Å². The van der Waals surface area contributed by atoms with Gasteiger partial charge in [-0.3, -0.25) is 0 Å². The third-order valence-electron chi connectivity index (χ3n) is 10.7. The molecule has 9 heteroatoms. The van der Waals surface area contributed by atoms with Crippen molar-refractivity contribution in [3.05, 3.63) is 58.1 Å². The Kier molecular flexibility index (Phi) is 13.0. The van der Waals surface area contributed by atoms with Crippen molar-refractivity contribution in [2.75, 3.05) is 0 Å². The van der Waals surface area contributed by atoms with Gasteiger partial charge in [0.25, 0.3) is 0 Å². The van der Waals surface area contributed by atoms with Crippen molar-refractivity contribution in [1.29, 1.82) is 0 Å². The average molecular weight is 900 g/mol. The van der Waals surface area contributed by atoms with Gasteiger partial charge in [-0.05, 0) is 0 Å². The zero-order valence-corrected chi connectivity index (χ0v) is 46.0. The van der Waals surface area contributed by atoms with E-state index in [1.807, 2.05) is 16.3 Å². The normalized spacial score (nSPS) is 16.6. The molecule has 1 aliphatic rings. The Morgan fingerprint density at radius 1 is 0.417 bits per heavy atom. The molecular formula is C39H76Se2Si7. The van der Waals surface area contributed by atoms with E-state index in [9.17, 15) is 0 Å². The second kappa shape index (κ2) is 14.3. The molecule has 272 valence electrons. The average Bonchev–Trinajstić information content (AvgIpc) is 3.59. The predicted molar refractivity (Wildman–Crippen MR) is 246 cm³/mol. The van der Waals surface area contributed by atoms with E-state index < -0.39 is 53.7 Å². The summed E-state index contributed by atoms with van der Waals surface area (Å²) in [6, 6.07) is 13.5. The molecule has 0 atom stereocenters. The van der Waals surface area contributed by atoms with Crippen LogP contribution in [-0.2, 0) is 0 Å². The van der Waals surface area contributed by atoms with Crippen molar-refractivity contribution in [2.45, 2.75) is 173 Å². The Bertz CT molecular complexity index is 1330. The molecule has 0 saturated carbocycles. The van der Waals surface area contributed by atoms with E-state index in [2.05, 4.69) is 181 Å². The summed E-state index contributed by atoms with van der Waals surface area (Å²) in [7, 11) is -9.28. The van der Waals surface area contributed by atoms with Crippen LogP contribution in [0.1, 0.15) is 82.8 Å². The van der Waals surface area contributed by atoms with Gasteiger partial charge >= 0.3 is 320 Å². The summed E-state index contributed by atoms with van der Waals surface area (Å²) in [5.41, 5.74) is 9.13. The van der Waals surface area contributed by atoms with Crippen LogP contribution in [0.15, 0.2) is 30.3 Å². The van der Waals surface area contributed by atoms with E-state index in [1.165, 1.54) is 0 Å². The first-order chi connectivity index (χ1) is 21.3. The molecule has 0 unspecified atom stereocenters. The number of hydrogen-bond acceptors (Lipinski definition) is 0. The minimum atomic E-state index is -1.86. The third kappa shape index (κ3) is 9.19. The minimum absolute atomic E-state index is 0.583. The Balaban J connectivity index is 2.83. The fourth-order valence-electron chi connectivity index (χ4n) is 10.7. The molecule has 0 spiro atoms. The summed E-state index contributed by atoms with van der Waals surface area (Å²) >= 11 is 1.56. The summed E-state index contributed by atoms with van der Waals surface area (Å²) in [4.78, 5) is 0. The summed E-state index contributed by atoms with van der Waals surface area (Å²) < 4.78 is 0. The molecule has 3 rings (SSSR count). The first-order valence-electron chi connectivity index (χ1n) is 19.0. The summed E-state index contributed by atoms with van der Waals surface area (Å²) in [6.45, 7) is 59.1. The molecule has 0 N–H and O–H groups in total. The topological polar surface area (TPSA) is 0 Å². The fraction of sp³-hybridized carbons (Fsp3) is 0.692. The Hall–Kier alpha value is 0.997. The van der Waals surface area contributed by atoms with Crippen molar-refractivity contribution in [3.8, 4) is 0 Å². The summed E-state index contributed by atoms with van der Waals surface area (Å²) in [5, 5.41) is 4.50. The molecule has 1 heterocycles. The van der Waals surface area contributed by atoms with Crippen LogP contribution in [0, 0.1) is 0 Å². The van der Waals surface area contributed by atoms with Gasteiger partial charge in [0.05, 0.1) is 0 Å². The van der Waals surface area contributed by atoms with Gasteiger partial charge in [-0.15, -0.1) is 0 Å². The van der Waals surface area contributed by atoms with Gasteiger partial charge in [0.15, 0.2) is 0 Å². The monoisotopic (exact) mass is 900 g/mol. The van der Waals surface area contributed by atoms with E-state index in [0.29, 0.717) is 11.8 Å². The summed E-state index contributed by atoms with van der Waals surface area (Å²) in [6.07, 6.45) is 0. The van der Waals surface area contributed by atoms with Gasteiger partial charge in [0.1, 0.15) is 0 Å². The first kappa shape index (κ1) is 43.4. The van der Waals surface area contributed by atoms with Crippen molar-refractivity contribution in [2.24, 2.45) is 0 Å². The van der Waals surface area contributed by atoms with Crippen LogP contribution in [0.4, 0.5) is 0 Å². The Morgan fingerprint density at radius 2 is 0.688 bits per heavy atom. The van der Waals surface area contributed by atoms with Gasteiger partial charge in [-0.25, -0.2) is 0 Å². The van der Waals surface area contributed by atoms with Gasteiger partial charge in [-0.1, -0.05) is 0 Å². The molecule has 0 bridgehead atoms. The van der Waals surface area contributed by atoms with E-state index in [0.717, 1.165) is 40.5 Å². The van der Waals surface area contributed by atoms with Crippen LogP contribution >= 0.6 is 0 Å². The van der Waals surface area contributed by atoms with E-state index in [1.54, 1.807) is 16.7 Å². The van der Waals surface area contributed by atoms with Gasteiger partial charge in [-0.2, -0.15) is 0 Å². The zero-order valence-electron chi connectivity index (χ0n) is 35.6. The molecule has 48 heavy (non-hydrogen) atoms. The molecule has 0 aliphatic carbocycles. The molecule has 1 saturated heterocycles. The zero-order chi connectivity index (χ0) is 37.4. The van der Waals surface area contributed by atoms with Crippen molar-refractivity contribution in [1.82, 2.24) is 0 Å². The standard InChI is InChI=1S/C39H76Se2Si7/c1-28(2)31-24-23-25-32(29(3)4)35(31)48(40-41-48)36-33(38(44(11,12)13)45(14,15)16)26-30(37(42(5,6)7)43(8,9)10)27-34(36)39(46(17,18)19)47(20,21)22/h23-29,37-39H,1-22H3. The molecule has 1 aliphatic heterocycles. The number of rotatable bonds is 13. The van der Waals surface area contributed by atoms with Crippen molar-refractivity contribution in [3.63, 3.8) is 0 Å². The number of benzene rings is 2. The number of hydrogen-bond donors (Lipinski definition) is 0. The molecule has 0 nitrogen and oxygen atoms in total. The maximum atomic E-state index is 3.00. The first-order valence-corrected chi connectivity index (χ1v) is 51.7. The Morgan fingerprint density at radius 3 is 0.917 bits per heavy atom. The van der Waals surface area contributed by atoms with Gasteiger partial charge in [0, 0.05) is 0 Å². The van der Waals surface area contributed by atoms with Crippen LogP contribution in [0.3, 0.4) is 0 Å². The molecule has 1 fully saturated rings. The SMILES string of the molecule is CC(C)c1cccc(C(C)C)c1[Si]1(c2c(C([Si](C)(C)C)[Si](C)(C)C)cc(C([Si](C)(C)C)[Si](C)(C)C)cc2C([Si](C)(C)C)[Si](C)(C)C)[Se][Se]1. The van der Waals surface area contributed by atoms with E-state index >= 15 is 0 Å². The van der Waals surface area contributed by atoms with E-state index in [4.69, 9.17) is 0 Å². The second-order valence-corrected chi connectivity index (χ2v) is 83.3. The van der Waals surface area contributed by atoms with Crippen LogP contribution < -0.4 is 10.4 Å². The third-order valence-corrected chi connectivity index (χ3v) is 66.2. The van der Waals surface area contributed by atoms with Crippen LogP contribution in [0.25, 0.3) is 0 Å². The molecule has 0 aromatic heterocycles. The van der Waals surface area contributed by atoms with Crippen molar-refractivity contribution >= 4 is 89.1 Å². The van der Waals surface area contributed by atoms with Crippen LogP contribution in [0.2, 0.25) is 118 Å². The molecule has 2 aromatic rings. The van der Waals surface area contributed by atoms with Gasteiger partial charge < -0.3 is 0 Å².